The van der Waals surface area contributed by atoms with Gasteiger partial charge >= 0.3 is 123 Å². The average molecular weight is 740 g/mol. The second-order valence-corrected chi connectivity index (χ2v) is 14.6. The maximum absolute atomic E-state index is 5.84. The molecule has 0 saturated carbocycles. The molecule has 0 spiro atoms. The fourth-order valence-electron chi connectivity index (χ4n) is 5.00. The van der Waals surface area contributed by atoms with Crippen molar-refractivity contribution in [3.05, 3.63) is 148 Å². The van der Waals surface area contributed by atoms with E-state index in [4.69, 9.17) is 23.2 Å². The molecule has 0 radical (unpaired) electrons. The van der Waals surface area contributed by atoms with Gasteiger partial charge in [-0.25, -0.2) is 5.57 Å². The van der Waals surface area contributed by atoms with Crippen LogP contribution in [0.4, 0.5) is 0 Å². The predicted octanol–water partition coefficient (Wildman–Crippen LogP) is 5.54. The summed E-state index contributed by atoms with van der Waals surface area (Å²) in [6.45, 7) is 11.2. The molecule has 44 heavy (non-hydrogen) atoms. The van der Waals surface area contributed by atoms with Crippen molar-refractivity contribution in [2.24, 2.45) is 11.3 Å². The minimum atomic E-state index is -0.623. The van der Waals surface area contributed by atoms with Crippen LogP contribution >= 0.6 is 23.2 Å². The number of halogens is 4. The van der Waals surface area contributed by atoms with Crippen LogP contribution in [0.3, 0.4) is 0 Å². The maximum atomic E-state index is 5.84. The molecule has 6 rings (SSSR count). The van der Waals surface area contributed by atoms with Gasteiger partial charge in [-0.2, -0.15) is 11.6 Å². The van der Waals surface area contributed by atoms with E-state index in [0.29, 0.717) is 11.3 Å². The van der Waals surface area contributed by atoms with E-state index in [1.165, 1.54) is 43.8 Å². The molecule has 0 saturated heterocycles. The van der Waals surface area contributed by atoms with Crippen LogP contribution in [0.15, 0.2) is 120 Å². The third-order valence-electron chi connectivity index (χ3n) is 7.07. The first kappa shape index (κ1) is 38.2. The van der Waals surface area contributed by atoms with E-state index in [9.17, 15) is 0 Å². The number of benzene rings is 4. The Labute approximate surface area is 296 Å². The average Bonchev–Trinajstić information content (AvgIpc) is 3.56. The van der Waals surface area contributed by atoms with Crippen LogP contribution in [0.5, 0.6) is 0 Å². The Hall–Kier alpha value is -1.99. The topological polar surface area (TPSA) is 0 Å². The summed E-state index contributed by atoms with van der Waals surface area (Å²) in [5.41, 5.74) is 5.73. The molecule has 0 amide bonds. The van der Waals surface area contributed by atoms with Gasteiger partial charge in [-0.3, -0.25) is 6.08 Å². The molecule has 1 aliphatic rings. The minimum absolute atomic E-state index is 0. The molecule has 0 fully saturated rings. The van der Waals surface area contributed by atoms with Gasteiger partial charge < -0.3 is 24.8 Å². The number of allylic oxidation sites excluding steroid dienone is 4. The Balaban J connectivity index is 0.000000229. The zero-order chi connectivity index (χ0) is 30.1. The molecular weight excluding hydrogens is 701 g/mol. The maximum Gasteiger partial charge on any atom is -0.0771 e. The van der Waals surface area contributed by atoms with Crippen LogP contribution < -0.4 is 24.8 Å². The first-order valence-electron chi connectivity index (χ1n) is 14.5. The summed E-state index contributed by atoms with van der Waals surface area (Å²) >= 11 is 11.0. The molecule has 1 atom stereocenters. The van der Waals surface area contributed by atoms with Crippen molar-refractivity contribution >= 4 is 52.2 Å². The zero-order valence-electron chi connectivity index (χ0n) is 25.8. The van der Waals surface area contributed by atoms with E-state index in [0.717, 1.165) is 16.5 Å². The standard InChI is InChI=1S/C13H9.C12H19.2C7H5Cl.2ClH.Zr/c1-3-7-12-10(5-1)9-11-6-2-4-8-13(11)12;1-6-10-7-9(2)8-11(10)12(3,4)5;2*1-6-2-4-7(8)5-3-6;;;/h1-9H;8-9H,6H2,1-5H3;2*1-5H;2*1H;/q2*-1;;;;;/p-2. The van der Waals surface area contributed by atoms with Crippen molar-refractivity contribution in [3.8, 4) is 0 Å². The van der Waals surface area contributed by atoms with E-state index in [-0.39, 0.29) is 24.8 Å². The quantitative estimate of drug-likeness (QED) is 0.213. The normalized spacial score (nSPS) is 13.5. The summed E-state index contributed by atoms with van der Waals surface area (Å²) in [6.07, 6.45) is 6.95. The molecule has 1 unspecified atom stereocenters. The molecule has 0 aliphatic heterocycles. The smallest absolute Gasteiger partial charge is 0.0771 e. The monoisotopic (exact) mass is 736 g/mol. The first-order chi connectivity index (χ1) is 20.1. The van der Waals surface area contributed by atoms with Gasteiger partial charge in [0.25, 0.3) is 0 Å². The Kier molecular flexibility index (Phi) is 15.8. The van der Waals surface area contributed by atoms with Gasteiger partial charge in [0.05, 0.1) is 0 Å². The molecule has 0 nitrogen and oxygen atoms in total. The van der Waals surface area contributed by atoms with Crippen molar-refractivity contribution in [1.82, 2.24) is 0 Å². The number of hydrogen-bond acceptors (Lipinski definition) is 0. The number of rotatable bonds is 3. The predicted molar refractivity (Wildman–Crippen MR) is 184 cm³/mol. The molecule has 0 aromatic heterocycles. The zero-order valence-corrected chi connectivity index (χ0v) is 31.3. The summed E-state index contributed by atoms with van der Waals surface area (Å²) in [5.74, 6) is 0.522. The Bertz CT molecular complexity index is 1640. The second kappa shape index (κ2) is 18.2. The number of hydrogen-bond donors (Lipinski definition) is 0. The van der Waals surface area contributed by atoms with Crippen LogP contribution in [0.1, 0.15) is 52.2 Å². The summed E-state index contributed by atoms with van der Waals surface area (Å²) in [6, 6.07) is 35.2. The van der Waals surface area contributed by atoms with Gasteiger partial charge in [0.1, 0.15) is 0 Å². The van der Waals surface area contributed by atoms with Crippen LogP contribution in [-0.2, 0) is 22.3 Å². The van der Waals surface area contributed by atoms with E-state index in [1.54, 1.807) is 0 Å². The molecule has 5 heteroatoms. The number of fused-ring (bicyclic) bond motifs is 3. The molecule has 0 heterocycles. The summed E-state index contributed by atoms with van der Waals surface area (Å²) in [5, 5.41) is 6.96. The van der Waals surface area contributed by atoms with Crippen LogP contribution in [0.25, 0.3) is 21.5 Å². The van der Waals surface area contributed by atoms with Crippen LogP contribution in [0.2, 0.25) is 10.0 Å². The Morgan fingerprint density at radius 3 is 1.55 bits per heavy atom. The fourth-order valence-corrected chi connectivity index (χ4v) is 7.34. The largest absolute Gasteiger partial charge is 1.00 e. The molecular formula is C39H38Cl4Zr-4. The van der Waals surface area contributed by atoms with Crippen molar-refractivity contribution in [2.45, 2.75) is 41.0 Å². The Morgan fingerprint density at radius 1 is 0.727 bits per heavy atom. The molecule has 5 aromatic rings. The van der Waals surface area contributed by atoms with E-state index in [2.05, 4.69) is 133 Å². The third-order valence-corrected chi connectivity index (χ3v) is 10.0. The van der Waals surface area contributed by atoms with Crippen molar-refractivity contribution in [2.75, 3.05) is 0 Å². The summed E-state index contributed by atoms with van der Waals surface area (Å²) in [4.78, 5) is 0. The van der Waals surface area contributed by atoms with Gasteiger partial charge in [0.15, 0.2) is 0 Å². The SMILES string of the molecule is CCC1=[C-]C(C)C=C1C(C)(C)C.Clc1ccc([CH]=[Zr]=[CH]c2ccc(Cl)cc2)cc1.[Cl-].[Cl-].c1ccc2c(c1)[cH-]c1ccccc12. The van der Waals surface area contributed by atoms with E-state index in [1.807, 2.05) is 24.3 Å². The van der Waals surface area contributed by atoms with Crippen molar-refractivity contribution < 1.29 is 47.1 Å². The fraction of sp³-hybridized carbons (Fsp3) is 0.205. The first-order valence-corrected chi connectivity index (χ1v) is 18.1. The minimum Gasteiger partial charge on any atom is -1.00 e. The molecule has 0 bridgehead atoms. The van der Waals surface area contributed by atoms with E-state index >= 15 is 0 Å². The van der Waals surface area contributed by atoms with E-state index < -0.39 is 22.3 Å². The Morgan fingerprint density at radius 2 is 1.16 bits per heavy atom. The van der Waals surface area contributed by atoms with Gasteiger partial charge in [-0.15, -0.1) is 39.7 Å². The van der Waals surface area contributed by atoms with Gasteiger partial charge in [-0.05, 0) is 0 Å². The van der Waals surface area contributed by atoms with Crippen molar-refractivity contribution in [3.63, 3.8) is 0 Å². The van der Waals surface area contributed by atoms with Crippen LogP contribution in [-0.4, -0.2) is 7.42 Å². The van der Waals surface area contributed by atoms with Gasteiger partial charge in [0, 0.05) is 0 Å². The molecule has 5 aromatic carbocycles. The second-order valence-electron chi connectivity index (χ2n) is 11.5. The van der Waals surface area contributed by atoms with Crippen LogP contribution in [0, 0.1) is 17.4 Å². The summed E-state index contributed by atoms with van der Waals surface area (Å²) < 4.78 is 4.66. The van der Waals surface area contributed by atoms with Crippen molar-refractivity contribution in [1.29, 1.82) is 0 Å². The van der Waals surface area contributed by atoms with Gasteiger partial charge in [-0.1, -0.05) is 88.8 Å². The molecule has 0 N–H and O–H groups in total. The molecule has 230 valence electrons. The third kappa shape index (κ3) is 11.1. The molecule has 1 aliphatic carbocycles. The summed E-state index contributed by atoms with van der Waals surface area (Å²) in [7, 11) is 0. The van der Waals surface area contributed by atoms with Gasteiger partial charge in [0.2, 0.25) is 0 Å².